The Morgan fingerprint density at radius 3 is 2.60 bits per heavy atom. The van der Waals surface area contributed by atoms with Crippen LogP contribution in [0.3, 0.4) is 0 Å². The Kier molecular flexibility index (Phi) is 3.89. The Balaban J connectivity index is 1.55. The zero-order chi connectivity index (χ0) is 14.4. The summed E-state index contributed by atoms with van der Waals surface area (Å²) < 4.78 is 5.95. The molecule has 1 aliphatic heterocycles. The minimum absolute atomic E-state index is 0.212. The van der Waals surface area contributed by atoms with Gasteiger partial charge in [0.25, 0.3) is 0 Å². The average molecular weight is 281 g/mol. The summed E-state index contributed by atoms with van der Waals surface area (Å²) in [5.74, 6) is 1.44. The minimum atomic E-state index is -0.469. The van der Waals surface area contributed by atoms with E-state index in [-0.39, 0.29) is 5.41 Å². The van der Waals surface area contributed by atoms with Crippen molar-refractivity contribution in [2.75, 3.05) is 13.2 Å². The normalized spacial score (nSPS) is 47.4. The molecule has 0 amide bonds. The van der Waals surface area contributed by atoms with E-state index < -0.39 is 5.60 Å². The van der Waals surface area contributed by atoms with Gasteiger partial charge in [-0.05, 0) is 44.4 Å². The van der Waals surface area contributed by atoms with Crippen molar-refractivity contribution in [2.45, 2.75) is 77.0 Å². The lowest BCUT2D eigenvalue weighted by Crippen LogP contribution is -2.70. The fourth-order valence-electron chi connectivity index (χ4n) is 4.71. The summed E-state index contributed by atoms with van der Waals surface area (Å²) in [6.07, 6.45) is 7.15. The molecule has 3 heteroatoms. The fourth-order valence-corrected chi connectivity index (χ4v) is 4.71. The van der Waals surface area contributed by atoms with Crippen LogP contribution in [0, 0.1) is 17.3 Å². The van der Waals surface area contributed by atoms with Crippen molar-refractivity contribution in [1.82, 2.24) is 5.32 Å². The predicted molar refractivity (Wildman–Crippen MR) is 80.6 cm³/mol. The zero-order valence-corrected chi connectivity index (χ0v) is 13.3. The van der Waals surface area contributed by atoms with Crippen LogP contribution >= 0.6 is 0 Å². The summed E-state index contributed by atoms with van der Waals surface area (Å²) in [6, 6.07) is 0.510. The van der Waals surface area contributed by atoms with Crippen molar-refractivity contribution in [3.63, 3.8) is 0 Å². The quantitative estimate of drug-likeness (QED) is 0.836. The van der Waals surface area contributed by atoms with Gasteiger partial charge in [-0.3, -0.25) is 0 Å². The van der Waals surface area contributed by atoms with Gasteiger partial charge in [0, 0.05) is 30.5 Å². The van der Waals surface area contributed by atoms with E-state index in [0.717, 1.165) is 31.9 Å². The molecule has 20 heavy (non-hydrogen) atoms. The summed E-state index contributed by atoms with van der Waals surface area (Å²) in [5.41, 5.74) is -0.257. The van der Waals surface area contributed by atoms with Gasteiger partial charge in [-0.25, -0.2) is 0 Å². The maximum absolute atomic E-state index is 10.7. The van der Waals surface area contributed by atoms with Crippen LogP contribution in [0.4, 0.5) is 0 Å². The van der Waals surface area contributed by atoms with Gasteiger partial charge in [0.2, 0.25) is 0 Å². The molecule has 0 aromatic carbocycles. The molecule has 116 valence electrons. The van der Waals surface area contributed by atoms with E-state index in [9.17, 15) is 5.11 Å². The maximum atomic E-state index is 10.7. The first-order valence-corrected chi connectivity index (χ1v) is 8.50. The number of rotatable bonds is 3. The fraction of sp³-hybridized carbons (Fsp3) is 1.00. The van der Waals surface area contributed by atoms with Crippen molar-refractivity contribution in [1.29, 1.82) is 0 Å². The van der Waals surface area contributed by atoms with Gasteiger partial charge in [0.1, 0.15) is 0 Å². The van der Waals surface area contributed by atoms with Crippen LogP contribution in [0.2, 0.25) is 0 Å². The number of fused-ring (bicyclic) bond motifs is 1. The first-order chi connectivity index (χ1) is 9.42. The lowest BCUT2D eigenvalue weighted by molar-refractivity contribution is -0.195. The Labute approximate surface area is 123 Å². The molecular weight excluding hydrogens is 250 g/mol. The van der Waals surface area contributed by atoms with Crippen LogP contribution in [0.1, 0.15) is 59.3 Å². The smallest absolute Gasteiger partial charge is 0.0771 e. The first-order valence-electron chi connectivity index (χ1n) is 8.50. The number of hydrogen-bond donors (Lipinski definition) is 2. The summed E-state index contributed by atoms with van der Waals surface area (Å²) in [6.45, 7) is 8.61. The van der Waals surface area contributed by atoms with Crippen LogP contribution < -0.4 is 5.32 Å². The monoisotopic (exact) mass is 281 g/mol. The van der Waals surface area contributed by atoms with Crippen LogP contribution in [0.15, 0.2) is 0 Å². The molecule has 3 unspecified atom stereocenters. The lowest BCUT2D eigenvalue weighted by Gasteiger charge is -2.60. The van der Waals surface area contributed by atoms with Gasteiger partial charge in [0.05, 0.1) is 11.7 Å². The molecule has 0 bridgehead atoms. The average Bonchev–Trinajstić information content (AvgIpc) is 2.42. The molecule has 0 radical (unpaired) electrons. The first kappa shape index (κ1) is 14.8. The Hall–Kier alpha value is -0.120. The third-order valence-corrected chi connectivity index (χ3v) is 6.19. The van der Waals surface area contributed by atoms with Gasteiger partial charge in [-0.2, -0.15) is 0 Å². The maximum Gasteiger partial charge on any atom is 0.0771 e. The van der Waals surface area contributed by atoms with Crippen LogP contribution in [-0.2, 0) is 4.74 Å². The molecular formula is C17H31NO2. The third kappa shape index (κ3) is 2.53. The highest BCUT2D eigenvalue weighted by Crippen LogP contribution is 2.51. The van der Waals surface area contributed by atoms with E-state index in [2.05, 4.69) is 26.1 Å². The van der Waals surface area contributed by atoms with Crippen molar-refractivity contribution in [3.05, 3.63) is 0 Å². The van der Waals surface area contributed by atoms with E-state index in [1.807, 2.05) is 0 Å². The Morgan fingerprint density at radius 1 is 1.20 bits per heavy atom. The minimum Gasteiger partial charge on any atom is -0.389 e. The van der Waals surface area contributed by atoms with Crippen molar-refractivity contribution in [3.8, 4) is 0 Å². The standard InChI is InChI=1S/C17H31NO2/c1-12-6-8-17(19,9-7-12)11-18-14-13-5-4-10-20-15(13)16(14,2)3/h12-15,18-19H,4-11H2,1-3H3. The Morgan fingerprint density at radius 2 is 1.90 bits per heavy atom. The van der Waals surface area contributed by atoms with Crippen molar-refractivity contribution < 1.29 is 9.84 Å². The van der Waals surface area contributed by atoms with E-state index in [1.165, 1.54) is 25.7 Å². The summed E-state index contributed by atoms with van der Waals surface area (Å²) >= 11 is 0. The van der Waals surface area contributed by atoms with E-state index in [0.29, 0.717) is 18.1 Å². The molecule has 3 fully saturated rings. The molecule has 0 spiro atoms. The molecule has 0 aromatic rings. The SMILES string of the molecule is CC1CCC(O)(CNC2C3CCCOC3C2(C)C)CC1. The molecule has 3 aliphatic rings. The van der Waals surface area contributed by atoms with Crippen molar-refractivity contribution >= 4 is 0 Å². The lowest BCUT2D eigenvalue weighted by atomic mass is 9.55. The Bertz CT molecular complexity index is 347. The number of nitrogens with one attached hydrogen (secondary N) is 1. The van der Waals surface area contributed by atoms with Crippen LogP contribution in [-0.4, -0.2) is 36.0 Å². The van der Waals surface area contributed by atoms with Crippen molar-refractivity contribution in [2.24, 2.45) is 17.3 Å². The van der Waals surface area contributed by atoms with Gasteiger partial charge in [-0.1, -0.05) is 20.8 Å². The van der Waals surface area contributed by atoms with E-state index >= 15 is 0 Å². The summed E-state index contributed by atoms with van der Waals surface area (Å²) in [7, 11) is 0. The second-order valence-electron chi connectivity index (χ2n) is 8.18. The molecule has 0 aromatic heterocycles. The largest absolute Gasteiger partial charge is 0.389 e. The topological polar surface area (TPSA) is 41.5 Å². The zero-order valence-electron chi connectivity index (χ0n) is 13.3. The molecule has 3 nitrogen and oxygen atoms in total. The van der Waals surface area contributed by atoms with Crippen LogP contribution in [0.5, 0.6) is 0 Å². The molecule has 2 N–H and O–H groups in total. The van der Waals surface area contributed by atoms with E-state index in [1.54, 1.807) is 0 Å². The second kappa shape index (κ2) is 5.26. The molecule has 1 heterocycles. The summed E-state index contributed by atoms with van der Waals surface area (Å²) in [4.78, 5) is 0. The molecule has 1 saturated heterocycles. The summed E-state index contributed by atoms with van der Waals surface area (Å²) in [5, 5.41) is 14.4. The molecule has 2 saturated carbocycles. The number of ether oxygens (including phenoxy) is 1. The van der Waals surface area contributed by atoms with Gasteiger partial charge in [0.15, 0.2) is 0 Å². The third-order valence-electron chi connectivity index (χ3n) is 6.19. The van der Waals surface area contributed by atoms with Gasteiger partial charge >= 0.3 is 0 Å². The molecule has 3 atom stereocenters. The number of aliphatic hydroxyl groups is 1. The highest BCUT2D eigenvalue weighted by atomic mass is 16.5. The second-order valence-corrected chi connectivity index (χ2v) is 8.18. The van der Waals surface area contributed by atoms with E-state index in [4.69, 9.17) is 4.74 Å². The number of hydrogen-bond acceptors (Lipinski definition) is 3. The highest BCUT2D eigenvalue weighted by Gasteiger charge is 2.57. The molecule has 2 aliphatic carbocycles. The van der Waals surface area contributed by atoms with Gasteiger partial charge in [-0.15, -0.1) is 0 Å². The predicted octanol–water partition coefficient (Wildman–Crippen LogP) is 2.72. The molecule has 3 rings (SSSR count). The highest BCUT2D eigenvalue weighted by molar-refractivity contribution is 5.10. The van der Waals surface area contributed by atoms with Gasteiger partial charge < -0.3 is 15.2 Å². The van der Waals surface area contributed by atoms with Crippen LogP contribution in [0.25, 0.3) is 0 Å².